The lowest BCUT2D eigenvalue weighted by atomic mass is 9.96. The quantitative estimate of drug-likeness (QED) is 0.383. The summed E-state index contributed by atoms with van der Waals surface area (Å²) >= 11 is 0. The lowest BCUT2D eigenvalue weighted by molar-refractivity contribution is 0.0981. The first kappa shape index (κ1) is 23.8. The van der Waals surface area contributed by atoms with Crippen LogP contribution in [0.25, 0.3) is 17.2 Å². The van der Waals surface area contributed by atoms with Gasteiger partial charge < -0.3 is 19.1 Å². The maximum absolute atomic E-state index is 5.84. The van der Waals surface area contributed by atoms with Gasteiger partial charge in [-0.25, -0.2) is 0 Å². The van der Waals surface area contributed by atoms with E-state index < -0.39 is 0 Å². The van der Waals surface area contributed by atoms with E-state index in [1.54, 1.807) is 0 Å². The zero-order chi connectivity index (χ0) is 22.9. The third-order valence-electron chi connectivity index (χ3n) is 6.60. The van der Waals surface area contributed by atoms with Gasteiger partial charge in [-0.15, -0.1) is 0 Å². The van der Waals surface area contributed by atoms with Gasteiger partial charge in [0.15, 0.2) is 0 Å². The summed E-state index contributed by atoms with van der Waals surface area (Å²) in [5.74, 6) is 1.54. The molecule has 0 radical (unpaired) electrons. The lowest BCUT2D eigenvalue weighted by Crippen LogP contribution is -2.32. The molecule has 4 heteroatoms. The van der Waals surface area contributed by atoms with Crippen molar-refractivity contribution in [2.45, 2.75) is 46.0 Å². The number of fused-ring (bicyclic) bond motifs is 1. The minimum atomic E-state index is 0.591. The van der Waals surface area contributed by atoms with Crippen molar-refractivity contribution in [3.8, 4) is 16.9 Å². The van der Waals surface area contributed by atoms with Crippen molar-refractivity contribution in [2.75, 3.05) is 51.0 Å². The Hall–Kier alpha value is -2.30. The van der Waals surface area contributed by atoms with Crippen molar-refractivity contribution < 1.29 is 14.2 Å². The van der Waals surface area contributed by atoms with Gasteiger partial charge in [0.1, 0.15) is 12.4 Å². The summed E-state index contributed by atoms with van der Waals surface area (Å²) < 4.78 is 17.1. The van der Waals surface area contributed by atoms with E-state index in [1.165, 1.54) is 40.8 Å². The van der Waals surface area contributed by atoms with Crippen LogP contribution in [-0.4, -0.2) is 46.1 Å². The number of ether oxygens (including phenoxy) is 3. The Morgan fingerprint density at radius 2 is 1.88 bits per heavy atom. The molecular formula is C29H39NO3. The fourth-order valence-corrected chi connectivity index (χ4v) is 4.68. The molecule has 1 saturated heterocycles. The van der Waals surface area contributed by atoms with E-state index in [0.717, 1.165) is 57.9 Å². The van der Waals surface area contributed by atoms with E-state index in [-0.39, 0.29) is 0 Å². The van der Waals surface area contributed by atoms with Gasteiger partial charge in [0.05, 0.1) is 13.2 Å². The molecule has 33 heavy (non-hydrogen) atoms. The molecule has 0 aliphatic carbocycles. The standard InChI is InChI=1S/C29H39NO3/c1-3-4-15-31-17-18-33-28-10-7-25(8-11-28)26-9-12-29-27(20-26)19-23(2)6-5-14-30(29)21-24-13-16-32-22-24/h7-12,19-20,24H,3-6,13-18,21-22H2,1-2H3/b23-19-. The molecule has 0 saturated carbocycles. The van der Waals surface area contributed by atoms with Crippen LogP contribution in [0.15, 0.2) is 48.0 Å². The summed E-state index contributed by atoms with van der Waals surface area (Å²) in [6.07, 6.45) is 8.20. The van der Waals surface area contributed by atoms with Gasteiger partial charge in [0.2, 0.25) is 0 Å². The minimum absolute atomic E-state index is 0.591. The SMILES string of the molecule is CCCCOCCOc1ccc(-c2ccc3c(c2)/C=C(/C)CCCN3CC2CCOC2)cc1. The Kier molecular flexibility index (Phi) is 8.85. The zero-order valence-electron chi connectivity index (χ0n) is 20.4. The van der Waals surface area contributed by atoms with Crippen LogP contribution in [0.5, 0.6) is 5.75 Å². The molecule has 2 aromatic rings. The minimum Gasteiger partial charge on any atom is -0.491 e. The molecule has 0 N–H and O–H groups in total. The molecule has 0 spiro atoms. The summed E-state index contributed by atoms with van der Waals surface area (Å²) in [6.45, 7) is 10.5. The average molecular weight is 450 g/mol. The van der Waals surface area contributed by atoms with E-state index in [1.807, 2.05) is 0 Å². The van der Waals surface area contributed by atoms with E-state index in [2.05, 4.69) is 67.3 Å². The normalized spacial score (nSPS) is 20.0. The Balaban J connectivity index is 1.45. The van der Waals surface area contributed by atoms with Crippen LogP contribution in [0.3, 0.4) is 0 Å². The van der Waals surface area contributed by atoms with Crippen molar-refractivity contribution in [1.82, 2.24) is 0 Å². The summed E-state index contributed by atoms with van der Waals surface area (Å²) in [6, 6.07) is 15.4. The monoisotopic (exact) mass is 449 g/mol. The molecule has 1 atom stereocenters. The number of nitrogens with zero attached hydrogens (tertiary/aromatic N) is 1. The second kappa shape index (κ2) is 12.2. The highest BCUT2D eigenvalue weighted by Gasteiger charge is 2.21. The van der Waals surface area contributed by atoms with Crippen LogP contribution in [0, 0.1) is 5.92 Å². The largest absolute Gasteiger partial charge is 0.491 e. The molecule has 2 aromatic carbocycles. The van der Waals surface area contributed by atoms with Crippen molar-refractivity contribution in [2.24, 2.45) is 5.92 Å². The third-order valence-corrected chi connectivity index (χ3v) is 6.60. The number of anilines is 1. The van der Waals surface area contributed by atoms with Crippen LogP contribution in [-0.2, 0) is 9.47 Å². The molecule has 2 aliphatic heterocycles. The molecule has 2 aliphatic rings. The van der Waals surface area contributed by atoms with Gasteiger partial charge in [0.25, 0.3) is 0 Å². The lowest BCUT2D eigenvalue weighted by Gasteiger charge is -2.31. The fraction of sp³-hybridized carbons (Fsp3) is 0.517. The second-order valence-corrected chi connectivity index (χ2v) is 9.38. The van der Waals surface area contributed by atoms with E-state index in [9.17, 15) is 0 Å². The van der Waals surface area contributed by atoms with Crippen molar-refractivity contribution in [3.05, 3.63) is 53.6 Å². The summed E-state index contributed by atoms with van der Waals surface area (Å²) in [5, 5.41) is 0. The smallest absolute Gasteiger partial charge is 0.119 e. The molecule has 0 bridgehead atoms. The van der Waals surface area contributed by atoms with Crippen molar-refractivity contribution in [1.29, 1.82) is 0 Å². The van der Waals surface area contributed by atoms with E-state index in [0.29, 0.717) is 19.1 Å². The van der Waals surface area contributed by atoms with Crippen LogP contribution in [0.2, 0.25) is 0 Å². The van der Waals surface area contributed by atoms with Gasteiger partial charge >= 0.3 is 0 Å². The first-order chi connectivity index (χ1) is 16.2. The highest BCUT2D eigenvalue weighted by atomic mass is 16.5. The Morgan fingerprint density at radius 1 is 1.03 bits per heavy atom. The third kappa shape index (κ3) is 6.84. The molecule has 4 nitrogen and oxygen atoms in total. The Labute approximate surface area is 199 Å². The number of rotatable bonds is 10. The molecule has 0 aromatic heterocycles. The topological polar surface area (TPSA) is 30.9 Å². The number of hydrogen-bond donors (Lipinski definition) is 0. The summed E-state index contributed by atoms with van der Waals surface area (Å²) in [7, 11) is 0. The molecular weight excluding hydrogens is 410 g/mol. The van der Waals surface area contributed by atoms with Crippen LogP contribution in [0.4, 0.5) is 5.69 Å². The van der Waals surface area contributed by atoms with Crippen molar-refractivity contribution >= 4 is 11.8 Å². The molecule has 4 rings (SSSR count). The number of allylic oxidation sites excluding steroid dienone is 1. The molecule has 0 amide bonds. The molecule has 2 heterocycles. The highest BCUT2D eigenvalue weighted by molar-refractivity contribution is 5.77. The van der Waals surface area contributed by atoms with Crippen LogP contribution < -0.4 is 9.64 Å². The Morgan fingerprint density at radius 3 is 2.67 bits per heavy atom. The van der Waals surface area contributed by atoms with Gasteiger partial charge in [-0.1, -0.05) is 43.2 Å². The fourth-order valence-electron chi connectivity index (χ4n) is 4.68. The summed E-state index contributed by atoms with van der Waals surface area (Å²) in [5.41, 5.74) is 6.60. The first-order valence-electron chi connectivity index (χ1n) is 12.7. The molecule has 178 valence electrons. The average Bonchev–Trinajstić information content (AvgIpc) is 3.33. The van der Waals surface area contributed by atoms with Gasteiger partial charge in [-0.05, 0) is 73.6 Å². The molecule has 1 fully saturated rings. The maximum atomic E-state index is 5.84. The molecule has 1 unspecified atom stereocenters. The van der Waals surface area contributed by atoms with Gasteiger partial charge in [0, 0.05) is 37.9 Å². The van der Waals surface area contributed by atoms with E-state index in [4.69, 9.17) is 14.2 Å². The zero-order valence-corrected chi connectivity index (χ0v) is 20.4. The van der Waals surface area contributed by atoms with E-state index >= 15 is 0 Å². The predicted molar refractivity (Wildman–Crippen MR) is 137 cm³/mol. The Bertz CT molecular complexity index is 900. The predicted octanol–water partition coefficient (Wildman–Crippen LogP) is 6.59. The number of unbranched alkanes of at least 4 members (excludes halogenated alkanes) is 1. The second-order valence-electron chi connectivity index (χ2n) is 9.38. The summed E-state index contributed by atoms with van der Waals surface area (Å²) in [4.78, 5) is 2.58. The van der Waals surface area contributed by atoms with Gasteiger partial charge in [-0.2, -0.15) is 0 Å². The highest BCUT2D eigenvalue weighted by Crippen LogP contribution is 2.33. The van der Waals surface area contributed by atoms with Crippen molar-refractivity contribution in [3.63, 3.8) is 0 Å². The maximum Gasteiger partial charge on any atom is 0.119 e. The number of benzene rings is 2. The number of hydrogen-bond acceptors (Lipinski definition) is 4. The van der Waals surface area contributed by atoms with Crippen LogP contribution >= 0.6 is 0 Å². The van der Waals surface area contributed by atoms with Crippen LogP contribution in [0.1, 0.15) is 51.5 Å². The van der Waals surface area contributed by atoms with Gasteiger partial charge in [-0.3, -0.25) is 0 Å². The first-order valence-corrected chi connectivity index (χ1v) is 12.7.